The lowest BCUT2D eigenvalue weighted by atomic mass is 10.2. The minimum absolute atomic E-state index is 0.0457. The van der Waals surface area contributed by atoms with Crippen LogP contribution in [-0.2, 0) is 4.74 Å². The molecule has 5 nitrogen and oxygen atoms in total. The third kappa shape index (κ3) is 1.86. The second kappa shape index (κ2) is 4.42. The van der Waals surface area contributed by atoms with E-state index in [4.69, 9.17) is 4.74 Å². The molecule has 3 rings (SSSR count). The van der Waals surface area contributed by atoms with E-state index >= 15 is 0 Å². The van der Waals surface area contributed by atoms with Crippen LogP contribution in [-0.4, -0.2) is 46.6 Å². The van der Waals surface area contributed by atoms with Gasteiger partial charge < -0.3 is 14.6 Å². The summed E-state index contributed by atoms with van der Waals surface area (Å²) in [5.41, 5.74) is 1.44. The van der Waals surface area contributed by atoms with Crippen LogP contribution in [0.1, 0.15) is 17.3 Å². The molecule has 1 aliphatic rings. The van der Waals surface area contributed by atoms with Crippen LogP contribution in [0.15, 0.2) is 24.5 Å². The standard InChI is InChI=1S/C13H15N3O2/c1-9-8-16(5-6-18-9)13(17)11-7-15-12-10(11)3-2-4-14-12/h2-4,7,9H,5-6,8H2,1H3,(H,14,15). The predicted molar refractivity (Wildman–Crippen MR) is 67.4 cm³/mol. The average Bonchev–Trinajstić information content (AvgIpc) is 2.82. The molecule has 1 saturated heterocycles. The van der Waals surface area contributed by atoms with Crippen LogP contribution in [0, 0.1) is 0 Å². The molecule has 0 aliphatic carbocycles. The second-order valence-electron chi connectivity index (χ2n) is 4.53. The quantitative estimate of drug-likeness (QED) is 0.826. The van der Waals surface area contributed by atoms with Gasteiger partial charge >= 0.3 is 0 Å². The second-order valence-corrected chi connectivity index (χ2v) is 4.53. The lowest BCUT2D eigenvalue weighted by Crippen LogP contribution is -2.44. The first kappa shape index (κ1) is 11.2. The van der Waals surface area contributed by atoms with E-state index in [2.05, 4.69) is 9.97 Å². The summed E-state index contributed by atoms with van der Waals surface area (Å²) in [6.07, 6.45) is 3.55. The van der Waals surface area contributed by atoms with E-state index in [1.807, 2.05) is 24.0 Å². The molecule has 1 unspecified atom stereocenters. The van der Waals surface area contributed by atoms with Gasteiger partial charge in [-0.3, -0.25) is 4.79 Å². The van der Waals surface area contributed by atoms with Crippen LogP contribution in [0.5, 0.6) is 0 Å². The van der Waals surface area contributed by atoms with Gasteiger partial charge in [0.05, 0.1) is 18.3 Å². The number of fused-ring (bicyclic) bond motifs is 1. The van der Waals surface area contributed by atoms with Crippen molar-refractivity contribution in [3.8, 4) is 0 Å². The minimum Gasteiger partial charge on any atom is -0.375 e. The number of nitrogens with zero attached hydrogens (tertiary/aromatic N) is 2. The van der Waals surface area contributed by atoms with E-state index in [1.165, 1.54) is 0 Å². The molecule has 0 bridgehead atoms. The van der Waals surface area contributed by atoms with Crippen molar-refractivity contribution in [1.29, 1.82) is 0 Å². The van der Waals surface area contributed by atoms with Crippen molar-refractivity contribution in [2.45, 2.75) is 13.0 Å². The molecule has 0 saturated carbocycles. The zero-order valence-corrected chi connectivity index (χ0v) is 10.2. The first-order valence-corrected chi connectivity index (χ1v) is 6.08. The SMILES string of the molecule is CC1CN(C(=O)c2c[nH]c3ncccc23)CCO1. The molecular weight excluding hydrogens is 230 g/mol. The Kier molecular flexibility index (Phi) is 2.76. The fraction of sp³-hybridized carbons (Fsp3) is 0.385. The number of carbonyl (C=O) groups is 1. The number of pyridine rings is 1. The summed E-state index contributed by atoms with van der Waals surface area (Å²) in [4.78, 5) is 21.5. The van der Waals surface area contributed by atoms with Gasteiger partial charge in [-0.25, -0.2) is 4.98 Å². The van der Waals surface area contributed by atoms with Gasteiger partial charge in [-0.05, 0) is 19.1 Å². The van der Waals surface area contributed by atoms with Crippen LogP contribution >= 0.6 is 0 Å². The molecule has 1 N–H and O–H groups in total. The number of hydrogen-bond donors (Lipinski definition) is 1. The number of hydrogen-bond acceptors (Lipinski definition) is 3. The molecule has 0 spiro atoms. The molecule has 0 aromatic carbocycles. The number of carbonyl (C=O) groups excluding carboxylic acids is 1. The monoisotopic (exact) mass is 245 g/mol. The number of aromatic nitrogens is 2. The fourth-order valence-electron chi connectivity index (χ4n) is 2.31. The van der Waals surface area contributed by atoms with Gasteiger partial charge in [-0.2, -0.15) is 0 Å². The molecular formula is C13H15N3O2. The molecule has 18 heavy (non-hydrogen) atoms. The van der Waals surface area contributed by atoms with E-state index in [0.29, 0.717) is 25.3 Å². The van der Waals surface area contributed by atoms with Gasteiger partial charge in [-0.15, -0.1) is 0 Å². The Morgan fingerprint density at radius 1 is 1.61 bits per heavy atom. The van der Waals surface area contributed by atoms with Crippen LogP contribution < -0.4 is 0 Å². The fourth-order valence-corrected chi connectivity index (χ4v) is 2.31. The highest BCUT2D eigenvalue weighted by molar-refractivity contribution is 6.05. The summed E-state index contributed by atoms with van der Waals surface area (Å²) in [5, 5.41) is 0.877. The maximum atomic E-state index is 12.4. The Morgan fingerprint density at radius 2 is 2.50 bits per heavy atom. The molecule has 2 aromatic rings. The molecule has 2 aromatic heterocycles. The van der Waals surface area contributed by atoms with E-state index in [9.17, 15) is 4.79 Å². The van der Waals surface area contributed by atoms with E-state index in [1.54, 1.807) is 12.4 Å². The zero-order chi connectivity index (χ0) is 12.5. The summed E-state index contributed by atoms with van der Waals surface area (Å²) in [5.74, 6) is 0.0457. The van der Waals surface area contributed by atoms with Crippen molar-refractivity contribution >= 4 is 16.9 Å². The summed E-state index contributed by atoms with van der Waals surface area (Å²) in [6.45, 7) is 3.88. The van der Waals surface area contributed by atoms with Crippen molar-refractivity contribution in [2.24, 2.45) is 0 Å². The van der Waals surface area contributed by atoms with Crippen molar-refractivity contribution in [3.05, 3.63) is 30.1 Å². The Balaban J connectivity index is 1.92. The topological polar surface area (TPSA) is 58.2 Å². The lowest BCUT2D eigenvalue weighted by Gasteiger charge is -2.31. The number of aromatic amines is 1. The van der Waals surface area contributed by atoms with Gasteiger partial charge in [0.25, 0.3) is 5.91 Å². The Hall–Kier alpha value is -1.88. The van der Waals surface area contributed by atoms with Crippen LogP contribution in [0.3, 0.4) is 0 Å². The maximum absolute atomic E-state index is 12.4. The minimum atomic E-state index is 0.0457. The van der Waals surface area contributed by atoms with E-state index in [-0.39, 0.29) is 12.0 Å². The van der Waals surface area contributed by atoms with Crippen LogP contribution in [0.2, 0.25) is 0 Å². The molecule has 0 radical (unpaired) electrons. The molecule has 1 amide bonds. The molecule has 1 aliphatic heterocycles. The lowest BCUT2D eigenvalue weighted by molar-refractivity contribution is -0.0123. The number of H-pyrrole nitrogens is 1. The highest BCUT2D eigenvalue weighted by Gasteiger charge is 2.24. The van der Waals surface area contributed by atoms with Gasteiger partial charge in [0.1, 0.15) is 5.65 Å². The van der Waals surface area contributed by atoms with Gasteiger partial charge in [0, 0.05) is 30.9 Å². The third-order valence-corrected chi connectivity index (χ3v) is 3.21. The number of morpholine rings is 1. The van der Waals surface area contributed by atoms with Crippen molar-refractivity contribution in [2.75, 3.05) is 19.7 Å². The number of amides is 1. The number of ether oxygens (including phenoxy) is 1. The molecule has 1 atom stereocenters. The first-order chi connectivity index (χ1) is 8.75. The van der Waals surface area contributed by atoms with Gasteiger partial charge in [-0.1, -0.05) is 0 Å². The van der Waals surface area contributed by atoms with Gasteiger partial charge in [0.2, 0.25) is 0 Å². The summed E-state index contributed by atoms with van der Waals surface area (Å²) < 4.78 is 5.45. The largest absolute Gasteiger partial charge is 0.375 e. The predicted octanol–water partition coefficient (Wildman–Crippen LogP) is 1.42. The molecule has 5 heteroatoms. The molecule has 94 valence electrons. The van der Waals surface area contributed by atoms with Crippen molar-refractivity contribution < 1.29 is 9.53 Å². The van der Waals surface area contributed by atoms with Crippen LogP contribution in [0.4, 0.5) is 0 Å². The van der Waals surface area contributed by atoms with Gasteiger partial charge in [0.15, 0.2) is 0 Å². The Morgan fingerprint density at radius 3 is 3.33 bits per heavy atom. The normalized spacial score (nSPS) is 20.3. The number of rotatable bonds is 1. The van der Waals surface area contributed by atoms with E-state index < -0.39 is 0 Å². The summed E-state index contributed by atoms with van der Waals surface area (Å²) in [6, 6.07) is 3.75. The molecule has 1 fully saturated rings. The highest BCUT2D eigenvalue weighted by Crippen LogP contribution is 2.18. The van der Waals surface area contributed by atoms with E-state index in [0.717, 1.165) is 11.0 Å². The average molecular weight is 245 g/mol. The summed E-state index contributed by atoms with van der Waals surface area (Å²) >= 11 is 0. The smallest absolute Gasteiger partial charge is 0.256 e. The first-order valence-electron chi connectivity index (χ1n) is 6.08. The summed E-state index contributed by atoms with van der Waals surface area (Å²) in [7, 11) is 0. The Labute approximate surface area is 105 Å². The van der Waals surface area contributed by atoms with Crippen molar-refractivity contribution in [1.82, 2.24) is 14.9 Å². The number of nitrogens with one attached hydrogen (secondary N) is 1. The Bertz CT molecular complexity index is 578. The van der Waals surface area contributed by atoms with Crippen molar-refractivity contribution in [3.63, 3.8) is 0 Å². The van der Waals surface area contributed by atoms with Crippen LogP contribution in [0.25, 0.3) is 11.0 Å². The molecule has 3 heterocycles. The third-order valence-electron chi connectivity index (χ3n) is 3.21. The maximum Gasteiger partial charge on any atom is 0.256 e. The highest BCUT2D eigenvalue weighted by atomic mass is 16.5. The zero-order valence-electron chi connectivity index (χ0n) is 10.2.